The third-order valence-electron chi connectivity index (χ3n) is 1.41. The van der Waals surface area contributed by atoms with E-state index in [1.807, 2.05) is 0 Å². The molecule has 0 aliphatic rings. The van der Waals surface area contributed by atoms with Crippen LogP contribution >= 0.6 is 0 Å². The summed E-state index contributed by atoms with van der Waals surface area (Å²) < 4.78 is 28.1. The molecule has 0 rings (SSSR count). The molecule has 9 heteroatoms. The van der Waals surface area contributed by atoms with E-state index in [2.05, 4.69) is 27.9 Å². The minimum absolute atomic E-state index is 0. The van der Waals surface area contributed by atoms with Gasteiger partial charge in [0.15, 0.2) is 0 Å². The molecule has 0 radical (unpaired) electrons. The summed E-state index contributed by atoms with van der Waals surface area (Å²) >= 11 is 0. The largest absolute Gasteiger partial charge is 2.00 e. The maximum atomic E-state index is 4.69. The molecule has 0 unspecified atom stereocenters. The van der Waals surface area contributed by atoms with E-state index in [1.165, 1.54) is 0 Å². The maximum absolute atomic E-state index is 4.69. The molecule has 0 aromatic heterocycles. The van der Waals surface area contributed by atoms with Gasteiger partial charge in [-0.2, -0.15) is 0 Å². The van der Waals surface area contributed by atoms with Gasteiger partial charge in [-0.05, 0) is 42.7 Å². The summed E-state index contributed by atoms with van der Waals surface area (Å²) in [6, 6.07) is 0. The predicted octanol–water partition coefficient (Wildman–Crippen LogP) is -1.10. The molecule has 0 fully saturated rings. The first-order chi connectivity index (χ1) is 6.69. The Balaban J connectivity index is -0.000000180. The van der Waals surface area contributed by atoms with E-state index >= 15 is 0 Å². The van der Waals surface area contributed by atoms with E-state index in [0.29, 0.717) is 0 Å². The fourth-order valence-electron chi connectivity index (χ4n) is 0.707. The minimum Gasteiger partial charge on any atom is -0.549 e. The van der Waals surface area contributed by atoms with Crippen molar-refractivity contribution in [3.8, 4) is 0 Å². The zero-order chi connectivity index (χ0) is 11.4. The Kier molecular flexibility index (Phi) is 23.9. The standard InChI is InChI=1S/2C3H10BO3.Mg/c2*1-5-4(6-2)7-3;/h2*4H,1-3H3;/q2*-1;+2. The first-order valence-corrected chi connectivity index (χ1v) is 4.18. The number of hydrogen-bond donors (Lipinski definition) is 0. The summed E-state index contributed by atoms with van der Waals surface area (Å²) in [7, 11) is 6.88. The van der Waals surface area contributed by atoms with Crippen molar-refractivity contribution in [3.63, 3.8) is 0 Å². The minimum atomic E-state index is -1.21. The van der Waals surface area contributed by atoms with Crippen LogP contribution in [0.4, 0.5) is 0 Å². The van der Waals surface area contributed by atoms with Crippen LogP contribution in [0.3, 0.4) is 0 Å². The van der Waals surface area contributed by atoms with E-state index in [0.717, 1.165) is 0 Å². The molecule has 6 nitrogen and oxygen atoms in total. The van der Waals surface area contributed by atoms with Crippen molar-refractivity contribution in [1.29, 1.82) is 0 Å². The molecule has 0 aromatic carbocycles. The van der Waals surface area contributed by atoms with Crippen LogP contribution in [-0.2, 0) is 27.9 Å². The van der Waals surface area contributed by atoms with Gasteiger partial charge in [-0.25, -0.2) is 0 Å². The van der Waals surface area contributed by atoms with E-state index in [4.69, 9.17) is 0 Å². The molecule has 0 atom stereocenters. The van der Waals surface area contributed by atoms with Gasteiger partial charge in [-0.1, -0.05) is 0 Å². The zero-order valence-corrected chi connectivity index (χ0v) is 12.0. The van der Waals surface area contributed by atoms with Gasteiger partial charge in [0.25, 0.3) is 0 Å². The number of rotatable bonds is 6. The molecule has 0 heterocycles. The molecule has 0 spiro atoms. The predicted molar refractivity (Wildman–Crippen MR) is 62.1 cm³/mol. The Morgan fingerprint density at radius 3 is 0.600 bits per heavy atom. The van der Waals surface area contributed by atoms with Gasteiger partial charge in [0.05, 0.1) is 0 Å². The summed E-state index contributed by atoms with van der Waals surface area (Å²) in [5.74, 6) is 0. The quantitative estimate of drug-likeness (QED) is 0.544. The Labute approximate surface area is 108 Å². The van der Waals surface area contributed by atoms with Crippen LogP contribution in [0.25, 0.3) is 0 Å². The maximum Gasteiger partial charge on any atom is 2.00 e. The molecule has 0 saturated heterocycles. The van der Waals surface area contributed by atoms with Crippen LogP contribution in [0.5, 0.6) is 0 Å². The second-order valence-electron chi connectivity index (χ2n) is 2.44. The van der Waals surface area contributed by atoms with E-state index in [9.17, 15) is 0 Å². The summed E-state index contributed by atoms with van der Waals surface area (Å²) in [6.07, 6.45) is 0. The van der Waals surface area contributed by atoms with Crippen molar-refractivity contribution < 1.29 is 27.9 Å². The molecule has 0 aliphatic carbocycles. The monoisotopic (exact) mass is 234 g/mol. The molecule has 0 saturated carbocycles. The van der Waals surface area contributed by atoms with Crippen molar-refractivity contribution in [1.82, 2.24) is 0 Å². The van der Waals surface area contributed by atoms with Crippen LogP contribution in [0.2, 0.25) is 0 Å². The second kappa shape index (κ2) is 17.1. The Morgan fingerprint density at radius 2 is 0.600 bits per heavy atom. The first kappa shape index (κ1) is 21.0. The van der Waals surface area contributed by atoms with Gasteiger partial charge in [0, 0.05) is 0 Å². The zero-order valence-electron chi connectivity index (χ0n) is 10.6. The van der Waals surface area contributed by atoms with Gasteiger partial charge in [-0.3, -0.25) is 0 Å². The normalized spacial score (nSPS) is 9.60. The van der Waals surface area contributed by atoms with Crippen molar-refractivity contribution in [2.24, 2.45) is 0 Å². The van der Waals surface area contributed by atoms with E-state index < -0.39 is 14.6 Å². The van der Waals surface area contributed by atoms with Crippen LogP contribution in [0.1, 0.15) is 0 Å². The molecule has 0 amide bonds. The van der Waals surface area contributed by atoms with Crippen LogP contribution in [-0.4, -0.2) is 80.4 Å². The van der Waals surface area contributed by atoms with E-state index in [-0.39, 0.29) is 23.1 Å². The summed E-state index contributed by atoms with van der Waals surface area (Å²) in [6.45, 7) is 0. The molecule has 88 valence electrons. The SMILES string of the molecule is CO[BH-](OC)OC.CO[BH-](OC)OC.[Mg+2]. The van der Waals surface area contributed by atoms with Crippen molar-refractivity contribution in [2.45, 2.75) is 0 Å². The summed E-state index contributed by atoms with van der Waals surface area (Å²) in [5.41, 5.74) is 0. The molecule has 15 heavy (non-hydrogen) atoms. The fraction of sp³-hybridized carbons (Fsp3) is 1.00. The van der Waals surface area contributed by atoms with Crippen molar-refractivity contribution in [3.05, 3.63) is 0 Å². The Bertz CT molecular complexity index is 80.6. The molecular formula is C6H20B2MgO6. The molecule has 0 bridgehead atoms. The topological polar surface area (TPSA) is 55.4 Å². The van der Waals surface area contributed by atoms with Crippen molar-refractivity contribution >= 4 is 37.7 Å². The summed E-state index contributed by atoms with van der Waals surface area (Å²) in [5, 5.41) is 0. The third kappa shape index (κ3) is 14.7. The molecular weight excluding hydrogens is 214 g/mol. The van der Waals surface area contributed by atoms with Gasteiger partial charge in [-0.15, -0.1) is 0 Å². The van der Waals surface area contributed by atoms with Crippen LogP contribution < -0.4 is 0 Å². The van der Waals surface area contributed by atoms with Gasteiger partial charge < -0.3 is 27.9 Å². The molecule has 0 aliphatic heterocycles. The summed E-state index contributed by atoms with van der Waals surface area (Å²) in [4.78, 5) is 0. The Morgan fingerprint density at radius 1 is 0.467 bits per heavy atom. The van der Waals surface area contributed by atoms with Gasteiger partial charge in [0.1, 0.15) is 0 Å². The fourth-order valence-corrected chi connectivity index (χ4v) is 0.707. The number of hydrogen-bond acceptors (Lipinski definition) is 6. The van der Waals surface area contributed by atoms with Crippen LogP contribution in [0, 0.1) is 0 Å². The van der Waals surface area contributed by atoms with Crippen LogP contribution in [0.15, 0.2) is 0 Å². The smallest absolute Gasteiger partial charge is 0.549 e. The molecule has 0 aromatic rings. The average molecular weight is 234 g/mol. The van der Waals surface area contributed by atoms with Gasteiger partial charge in [0.2, 0.25) is 0 Å². The molecule has 0 N–H and O–H groups in total. The first-order valence-electron chi connectivity index (χ1n) is 4.18. The van der Waals surface area contributed by atoms with Crippen molar-refractivity contribution in [2.75, 3.05) is 42.7 Å². The third-order valence-corrected chi connectivity index (χ3v) is 1.41. The van der Waals surface area contributed by atoms with E-state index in [1.54, 1.807) is 42.7 Å². The second-order valence-corrected chi connectivity index (χ2v) is 2.44. The Hall–Kier alpha value is 0.656. The average Bonchev–Trinajstić information content (AvgIpc) is 2.24. The van der Waals surface area contributed by atoms with Gasteiger partial charge >= 0.3 is 37.7 Å².